The molecule has 0 atom stereocenters. The van der Waals surface area contributed by atoms with E-state index in [0.717, 1.165) is 6.92 Å². The molecule has 0 saturated carbocycles. The molecule has 0 fully saturated rings. The van der Waals surface area contributed by atoms with Crippen molar-refractivity contribution >= 4 is 17.9 Å². The van der Waals surface area contributed by atoms with Crippen molar-refractivity contribution in [2.45, 2.75) is 6.92 Å². The third kappa shape index (κ3) is 5.74. The maximum atomic E-state index is 9.85. The van der Waals surface area contributed by atoms with Gasteiger partial charge < -0.3 is 14.6 Å². The Labute approximate surface area is 78.6 Å². The van der Waals surface area contributed by atoms with Gasteiger partial charge in [0.1, 0.15) is 0 Å². The van der Waals surface area contributed by atoms with Crippen molar-refractivity contribution in [3.05, 3.63) is 0 Å². The van der Waals surface area contributed by atoms with E-state index in [9.17, 15) is 19.5 Å². The van der Waals surface area contributed by atoms with Crippen LogP contribution in [-0.2, 0) is 19.1 Å². The molecule has 0 amide bonds. The van der Waals surface area contributed by atoms with Gasteiger partial charge in [-0.2, -0.15) is 0 Å². The number of carboxylic acid groups (broad SMARTS) is 1. The Bertz CT molecular complexity index is 163. The van der Waals surface area contributed by atoms with Gasteiger partial charge in [-0.1, -0.05) is 0 Å². The first-order valence-corrected chi connectivity index (χ1v) is 1.97. The normalized spacial score (nSPS) is 7.30. The topological polar surface area (TPSA) is 83.5 Å². The molecule has 0 aliphatic rings. The summed E-state index contributed by atoms with van der Waals surface area (Å²) < 4.78 is 3.57. The van der Waals surface area contributed by atoms with E-state index < -0.39 is 17.9 Å². The molecule has 0 spiro atoms. The minimum absolute atomic E-state index is 0. The van der Waals surface area contributed by atoms with Crippen LogP contribution in [0.2, 0.25) is 0 Å². The standard InChI is InChI=1S/C4H4O5.Na/c1-2(5)9-4(8)3(6)7;/h1H3,(H,6,7);/q;+1/p-1. The van der Waals surface area contributed by atoms with Crippen LogP contribution in [0, 0.1) is 0 Å². The van der Waals surface area contributed by atoms with Gasteiger partial charge >= 0.3 is 41.5 Å². The van der Waals surface area contributed by atoms with Crippen LogP contribution in [0.5, 0.6) is 0 Å². The summed E-state index contributed by atoms with van der Waals surface area (Å²) in [6, 6.07) is 0. The van der Waals surface area contributed by atoms with Gasteiger partial charge in [-0.15, -0.1) is 0 Å². The molecule has 0 aromatic rings. The van der Waals surface area contributed by atoms with Crippen LogP contribution in [0.15, 0.2) is 0 Å². The Morgan fingerprint density at radius 2 is 1.70 bits per heavy atom. The average Bonchev–Trinajstić information content (AvgIpc) is 1.63. The van der Waals surface area contributed by atoms with Crippen LogP contribution >= 0.6 is 0 Å². The summed E-state index contributed by atoms with van der Waals surface area (Å²) in [6.45, 7) is 0.918. The smallest absolute Gasteiger partial charge is 0.539 e. The van der Waals surface area contributed by atoms with Gasteiger partial charge in [0, 0.05) is 6.92 Å². The summed E-state index contributed by atoms with van der Waals surface area (Å²) in [5, 5.41) is 9.50. The quantitative estimate of drug-likeness (QED) is 0.151. The largest absolute Gasteiger partial charge is 1.00 e. The zero-order valence-electron chi connectivity index (χ0n) is 5.54. The summed E-state index contributed by atoms with van der Waals surface area (Å²) in [4.78, 5) is 29.2. The molecular weight excluding hydrogens is 151 g/mol. The van der Waals surface area contributed by atoms with E-state index in [4.69, 9.17) is 0 Å². The zero-order chi connectivity index (χ0) is 7.44. The van der Waals surface area contributed by atoms with Crippen LogP contribution < -0.4 is 34.7 Å². The van der Waals surface area contributed by atoms with Gasteiger partial charge in [0.15, 0.2) is 5.97 Å². The van der Waals surface area contributed by atoms with Crippen molar-refractivity contribution in [3.63, 3.8) is 0 Å². The fourth-order valence-corrected chi connectivity index (χ4v) is 0.172. The summed E-state index contributed by atoms with van der Waals surface area (Å²) in [7, 11) is 0. The molecule has 0 heterocycles. The van der Waals surface area contributed by atoms with Crippen molar-refractivity contribution in [2.24, 2.45) is 0 Å². The second kappa shape index (κ2) is 5.40. The number of hydrogen-bond acceptors (Lipinski definition) is 5. The summed E-state index contributed by atoms with van der Waals surface area (Å²) in [6.07, 6.45) is 0. The number of rotatable bonds is 0. The summed E-state index contributed by atoms with van der Waals surface area (Å²) in [5.74, 6) is -4.66. The van der Waals surface area contributed by atoms with Crippen molar-refractivity contribution in [3.8, 4) is 0 Å². The molecule has 0 rings (SSSR count). The molecule has 0 aliphatic carbocycles. The Hall–Kier alpha value is -0.390. The molecule has 0 radical (unpaired) electrons. The Morgan fingerprint density at radius 3 is 1.80 bits per heavy atom. The van der Waals surface area contributed by atoms with Crippen LogP contribution in [0.25, 0.3) is 0 Å². The molecule has 6 heteroatoms. The second-order valence-electron chi connectivity index (χ2n) is 1.17. The first-order chi connectivity index (χ1) is 4.04. The van der Waals surface area contributed by atoms with Crippen molar-refractivity contribution < 1.29 is 53.8 Å². The molecule has 0 aromatic carbocycles. The Kier molecular flexibility index (Phi) is 6.64. The molecule has 0 saturated heterocycles. The maximum Gasteiger partial charge on any atom is 1.00 e. The first kappa shape index (κ1) is 12.3. The molecule has 0 unspecified atom stereocenters. The predicted octanol–water partition coefficient (Wildman–Crippen LogP) is -5.17. The molecule has 10 heavy (non-hydrogen) atoms. The van der Waals surface area contributed by atoms with Gasteiger partial charge in [-0.3, -0.25) is 4.79 Å². The monoisotopic (exact) mass is 154 g/mol. The summed E-state index contributed by atoms with van der Waals surface area (Å²) >= 11 is 0. The minimum Gasteiger partial charge on any atom is -0.539 e. The van der Waals surface area contributed by atoms with Gasteiger partial charge in [0.2, 0.25) is 0 Å². The predicted molar refractivity (Wildman–Crippen MR) is 21.8 cm³/mol. The summed E-state index contributed by atoms with van der Waals surface area (Å²) in [5.41, 5.74) is 0. The first-order valence-electron chi connectivity index (χ1n) is 1.97. The number of hydrogen-bond donors (Lipinski definition) is 0. The van der Waals surface area contributed by atoms with E-state index in [-0.39, 0.29) is 29.6 Å². The fourth-order valence-electron chi connectivity index (χ4n) is 0.172. The fraction of sp³-hybridized carbons (Fsp3) is 0.250. The van der Waals surface area contributed by atoms with E-state index in [1.807, 2.05) is 0 Å². The zero-order valence-corrected chi connectivity index (χ0v) is 7.54. The third-order valence-electron chi connectivity index (χ3n) is 0.403. The van der Waals surface area contributed by atoms with Crippen LogP contribution in [0.4, 0.5) is 0 Å². The van der Waals surface area contributed by atoms with E-state index >= 15 is 0 Å². The van der Waals surface area contributed by atoms with Gasteiger partial charge in [0.25, 0.3) is 0 Å². The van der Waals surface area contributed by atoms with Crippen molar-refractivity contribution in [1.29, 1.82) is 0 Å². The number of esters is 2. The van der Waals surface area contributed by atoms with E-state index in [1.54, 1.807) is 0 Å². The van der Waals surface area contributed by atoms with E-state index in [1.165, 1.54) is 0 Å². The van der Waals surface area contributed by atoms with Crippen molar-refractivity contribution in [1.82, 2.24) is 0 Å². The van der Waals surface area contributed by atoms with Crippen LogP contribution in [0.3, 0.4) is 0 Å². The van der Waals surface area contributed by atoms with Gasteiger partial charge in [-0.25, -0.2) is 4.79 Å². The van der Waals surface area contributed by atoms with Gasteiger partial charge in [0.05, 0.1) is 0 Å². The molecular formula is C4H3NaO5. The Morgan fingerprint density at radius 1 is 1.30 bits per heavy atom. The maximum absolute atomic E-state index is 9.85. The van der Waals surface area contributed by atoms with E-state index in [2.05, 4.69) is 4.74 Å². The SMILES string of the molecule is CC(=O)OC(=O)C(=O)[O-].[Na+]. The number of carboxylic acids is 1. The number of ether oxygens (including phenoxy) is 1. The van der Waals surface area contributed by atoms with Crippen molar-refractivity contribution in [2.75, 3.05) is 0 Å². The van der Waals surface area contributed by atoms with E-state index in [0.29, 0.717) is 0 Å². The van der Waals surface area contributed by atoms with Crippen LogP contribution in [-0.4, -0.2) is 17.9 Å². The Balaban J connectivity index is 0. The number of aliphatic carboxylic acids is 1. The molecule has 0 aromatic heterocycles. The molecule has 0 aliphatic heterocycles. The second-order valence-corrected chi connectivity index (χ2v) is 1.17. The number of carbonyl (C=O) groups excluding carboxylic acids is 3. The molecule has 50 valence electrons. The van der Waals surface area contributed by atoms with Gasteiger partial charge in [-0.05, 0) is 0 Å². The average molecular weight is 154 g/mol. The third-order valence-corrected chi connectivity index (χ3v) is 0.403. The minimum atomic E-state index is -2.02. The molecule has 0 N–H and O–H groups in total. The van der Waals surface area contributed by atoms with Crippen LogP contribution in [0.1, 0.15) is 6.92 Å². The molecule has 5 nitrogen and oxygen atoms in total. The molecule has 0 bridgehead atoms. The number of carbonyl (C=O) groups is 3.